The van der Waals surface area contributed by atoms with Crippen molar-refractivity contribution in [1.29, 1.82) is 0 Å². The monoisotopic (exact) mass is 444 g/mol. The summed E-state index contributed by atoms with van der Waals surface area (Å²) < 4.78 is 1.80. The molecule has 0 saturated carbocycles. The van der Waals surface area contributed by atoms with Crippen molar-refractivity contribution in [2.24, 2.45) is 0 Å². The molecule has 0 aliphatic carbocycles. The maximum absolute atomic E-state index is 9.56. The molecule has 0 fully saturated rings. The number of halogens is 1. The Hall–Kier alpha value is -3.68. The molecule has 1 aliphatic rings. The minimum atomic E-state index is 0. The first-order valence-corrected chi connectivity index (χ1v) is 10.3. The maximum Gasteiger partial charge on any atom is 0.134 e. The number of benzene rings is 3. The Morgan fingerprint density at radius 1 is 0.906 bits per heavy atom. The maximum atomic E-state index is 9.56. The highest BCUT2D eigenvalue weighted by molar-refractivity contribution is 5.94. The van der Waals surface area contributed by atoms with Crippen LogP contribution in [0.3, 0.4) is 0 Å². The van der Waals surface area contributed by atoms with Crippen LogP contribution in [0.25, 0.3) is 39.1 Å². The van der Waals surface area contributed by atoms with Gasteiger partial charge < -0.3 is 10.4 Å². The molecule has 3 aromatic carbocycles. The fraction of sp³-hybridized carbons (Fsp3) is 0.125. The molecule has 0 saturated heterocycles. The first-order chi connectivity index (χ1) is 15.2. The summed E-state index contributed by atoms with van der Waals surface area (Å²) in [6.45, 7) is 1.91. The van der Waals surface area contributed by atoms with Crippen LogP contribution in [0.4, 0.5) is 0 Å². The van der Waals surface area contributed by atoms with Crippen molar-refractivity contribution in [3.63, 3.8) is 0 Å². The van der Waals surface area contributed by atoms with E-state index in [9.17, 15) is 5.11 Å². The molecule has 1 aliphatic heterocycles. The zero-order valence-electron chi connectivity index (χ0n) is 17.1. The van der Waals surface area contributed by atoms with Crippen LogP contribution in [0.2, 0.25) is 0 Å². The molecule has 0 spiro atoms. The van der Waals surface area contributed by atoms with Gasteiger partial charge in [-0.05, 0) is 71.6 Å². The van der Waals surface area contributed by atoms with Gasteiger partial charge >= 0.3 is 0 Å². The number of hydrogen-bond acceptors (Lipinski definition) is 5. The molecular formula is C24H21ClN6O. The zero-order chi connectivity index (χ0) is 20.8. The van der Waals surface area contributed by atoms with Crippen LogP contribution in [0.15, 0.2) is 66.9 Å². The summed E-state index contributed by atoms with van der Waals surface area (Å²) in [6, 6.07) is 19.8. The second kappa shape index (κ2) is 8.11. The lowest BCUT2D eigenvalue weighted by molar-refractivity contribution is 0.475. The normalized spacial score (nSPS) is 13.0. The second-order valence-electron chi connectivity index (χ2n) is 7.81. The number of nitrogens with zero attached hydrogens (tertiary/aromatic N) is 4. The van der Waals surface area contributed by atoms with E-state index < -0.39 is 0 Å². The average Bonchev–Trinajstić information content (AvgIpc) is 3.46. The van der Waals surface area contributed by atoms with Crippen LogP contribution >= 0.6 is 12.4 Å². The summed E-state index contributed by atoms with van der Waals surface area (Å²) in [5.41, 5.74) is 8.18. The highest BCUT2D eigenvalue weighted by Gasteiger charge is 2.15. The van der Waals surface area contributed by atoms with Gasteiger partial charge in [0, 0.05) is 11.9 Å². The molecule has 7 nitrogen and oxygen atoms in total. The number of fused-ring (bicyclic) bond motifs is 2. The minimum absolute atomic E-state index is 0. The number of aromatic hydroxyl groups is 1. The molecule has 0 bridgehead atoms. The number of hydrogen-bond donors (Lipinski definition) is 3. The number of rotatable bonds is 3. The molecule has 160 valence electrons. The van der Waals surface area contributed by atoms with Gasteiger partial charge in [-0.15, -0.1) is 17.5 Å². The average molecular weight is 445 g/mol. The molecule has 0 atom stereocenters. The number of phenolic OH excluding ortho intramolecular Hbond substituents is 1. The lowest BCUT2D eigenvalue weighted by Crippen LogP contribution is -2.23. The highest BCUT2D eigenvalue weighted by Crippen LogP contribution is 2.30. The predicted octanol–water partition coefficient (Wildman–Crippen LogP) is 4.25. The van der Waals surface area contributed by atoms with Crippen molar-refractivity contribution in [1.82, 2.24) is 30.5 Å². The summed E-state index contributed by atoms with van der Waals surface area (Å²) in [6.07, 6.45) is 2.97. The Balaban J connectivity index is 0.00000216. The summed E-state index contributed by atoms with van der Waals surface area (Å²) in [4.78, 5) is 0. The number of aromatic amines is 1. The number of H-pyrrole nitrogens is 1. The Morgan fingerprint density at radius 2 is 1.75 bits per heavy atom. The third kappa shape index (κ3) is 3.51. The van der Waals surface area contributed by atoms with Gasteiger partial charge in [0.2, 0.25) is 0 Å². The van der Waals surface area contributed by atoms with E-state index in [0.29, 0.717) is 5.69 Å². The largest absolute Gasteiger partial charge is 0.508 e. The topological polar surface area (TPSA) is 91.6 Å². The van der Waals surface area contributed by atoms with Gasteiger partial charge in [0.25, 0.3) is 0 Å². The Labute approximate surface area is 190 Å². The van der Waals surface area contributed by atoms with Crippen molar-refractivity contribution >= 4 is 23.3 Å². The van der Waals surface area contributed by atoms with Crippen LogP contribution in [-0.2, 0) is 13.0 Å². The molecule has 32 heavy (non-hydrogen) atoms. The van der Waals surface area contributed by atoms with Crippen LogP contribution in [0.5, 0.6) is 5.75 Å². The molecule has 8 heteroatoms. The fourth-order valence-corrected chi connectivity index (χ4v) is 4.15. The Morgan fingerprint density at radius 3 is 2.62 bits per heavy atom. The zero-order valence-corrected chi connectivity index (χ0v) is 17.9. The van der Waals surface area contributed by atoms with Gasteiger partial charge in [-0.25, -0.2) is 4.68 Å². The van der Waals surface area contributed by atoms with E-state index in [2.05, 4.69) is 50.1 Å². The van der Waals surface area contributed by atoms with Crippen LogP contribution in [0.1, 0.15) is 11.1 Å². The molecule has 0 amide bonds. The van der Waals surface area contributed by atoms with E-state index in [4.69, 9.17) is 0 Å². The summed E-state index contributed by atoms with van der Waals surface area (Å²) >= 11 is 0. The highest BCUT2D eigenvalue weighted by atomic mass is 35.5. The number of aromatic nitrogens is 5. The third-order valence-corrected chi connectivity index (χ3v) is 5.84. The van der Waals surface area contributed by atoms with Crippen molar-refractivity contribution in [3.05, 3.63) is 78.0 Å². The quantitative estimate of drug-likeness (QED) is 0.387. The van der Waals surface area contributed by atoms with E-state index in [0.717, 1.165) is 52.9 Å². The number of nitrogens with one attached hydrogen (secondary N) is 2. The van der Waals surface area contributed by atoms with E-state index in [1.54, 1.807) is 16.8 Å². The minimum Gasteiger partial charge on any atom is -0.508 e. The van der Waals surface area contributed by atoms with Crippen molar-refractivity contribution in [2.45, 2.75) is 13.0 Å². The molecule has 0 unspecified atom stereocenters. The van der Waals surface area contributed by atoms with Crippen LogP contribution < -0.4 is 5.32 Å². The molecule has 2 aromatic heterocycles. The van der Waals surface area contributed by atoms with E-state index in [-0.39, 0.29) is 18.2 Å². The molecule has 3 N–H and O–H groups in total. The summed E-state index contributed by atoms with van der Waals surface area (Å²) in [7, 11) is 0. The summed E-state index contributed by atoms with van der Waals surface area (Å²) in [5, 5.41) is 30.3. The predicted molar refractivity (Wildman–Crippen MR) is 126 cm³/mol. The fourth-order valence-electron chi connectivity index (χ4n) is 4.15. The molecule has 5 aromatic rings. The standard InChI is InChI=1S/C24H20N6O.ClH/c31-20-6-2-15(3-7-20)17-4-8-22-21(12-17)24(28-26-22)23-14-30(29-27-23)19-5-1-16-9-10-25-13-18(16)11-19;/h1-8,11-12,14,25,31H,9-10,13H2,(H,26,28);1H. The van der Waals surface area contributed by atoms with Gasteiger partial charge in [0.05, 0.1) is 17.4 Å². The first-order valence-electron chi connectivity index (χ1n) is 10.3. The van der Waals surface area contributed by atoms with Gasteiger partial charge in [0.15, 0.2) is 0 Å². The van der Waals surface area contributed by atoms with Gasteiger partial charge in [-0.2, -0.15) is 5.10 Å². The lowest BCUT2D eigenvalue weighted by atomic mass is 10.0. The molecule has 6 rings (SSSR count). The first kappa shape index (κ1) is 20.2. The van der Waals surface area contributed by atoms with Crippen LogP contribution in [0, 0.1) is 0 Å². The van der Waals surface area contributed by atoms with Gasteiger partial charge in [-0.1, -0.05) is 29.5 Å². The molecule has 0 radical (unpaired) electrons. The van der Waals surface area contributed by atoms with Crippen molar-refractivity contribution < 1.29 is 5.11 Å². The van der Waals surface area contributed by atoms with Crippen molar-refractivity contribution in [2.75, 3.05) is 6.54 Å². The van der Waals surface area contributed by atoms with E-state index in [1.165, 1.54) is 11.1 Å². The molecular weight excluding hydrogens is 424 g/mol. The number of phenols is 1. The Bertz CT molecular complexity index is 1410. The van der Waals surface area contributed by atoms with Gasteiger partial charge in [-0.3, -0.25) is 5.10 Å². The van der Waals surface area contributed by atoms with E-state index >= 15 is 0 Å². The van der Waals surface area contributed by atoms with Gasteiger partial charge in [0.1, 0.15) is 17.1 Å². The smallest absolute Gasteiger partial charge is 0.134 e. The Kier molecular flexibility index (Phi) is 5.13. The van der Waals surface area contributed by atoms with E-state index in [1.807, 2.05) is 30.5 Å². The van der Waals surface area contributed by atoms with Crippen molar-refractivity contribution in [3.8, 4) is 34.0 Å². The third-order valence-electron chi connectivity index (χ3n) is 5.84. The lowest BCUT2D eigenvalue weighted by Gasteiger charge is -2.17. The summed E-state index contributed by atoms with van der Waals surface area (Å²) in [5.74, 6) is 0.253. The second-order valence-corrected chi connectivity index (χ2v) is 7.81. The SMILES string of the molecule is Cl.Oc1ccc(-c2ccc3[nH]nc(-c4cn(-c5ccc6c(c5)CNCC6)nn4)c3c2)cc1. The van der Waals surface area contributed by atoms with Crippen LogP contribution in [-0.4, -0.2) is 36.8 Å². The molecule has 3 heterocycles.